The van der Waals surface area contributed by atoms with Crippen LogP contribution in [0.15, 0.2) is 36.8 Å². The molecular weight excluding hydrogens is 444 g/mol. The van der Waals surface area contributed by atoms with E-state index >= 15 is 0 Å². The van der Waals surface area contributed by atoms with Crippen LogP contribution in [-0.2, 0) is 32.0 Å². The number of rotatable bonds is 11. The number of imidazole rings is 1. The van der Waals surface area contributed by atoms with Crippen molar-refractivity contribution in [1.29, 1.82) is 0 Å². The number of aromatic nitrogens is 2. The van der Waals surface area contributed by atoms with Crippen molar-refractivity contribution >= 4 is 23.7 Å². The molecule has 1 aliphatic rings. The Kier molecular flexibility index (Phi) is 8.57. The van der Waals surface area contributed by atoms with Gasteiger partial charge in [-0.05, 0) is 37.1 Å². The van der Waals surface area contributed by atoms with Gasteiger partial charge < -0.3 is 36.5 Å². The molecule has 1 aromatic carbocycles. The van der Waals surface area contributed by atoms with Gasteiger partial charge in [-0.2, -0.15) is 0 Å². The number of aromatic amines is 1. The Hall–Kier alpha value is -3.93. The number of phenols is 1. The van der Waals surface area contributed by atoms with Gasteiger partial charge in [-0.15, -0.1) is 0 Å². The van der Waals surface area contributed by atoms with Crippen LogP contribution in [-0.4, -0.2) is 75.1 Å². The zero-order valence-corrected chi connectivity index (χ0v) is 18.4. The van der Waals surface area contributed by atoms with E-state index < -0.39 is 36.4 Å². The second-order valence-electron chi connectivity index (χ2n) is 8.04. The molecule has 7 N–H and O–H groups in total. The van der Waals surface area contributed by atoms with Gasteiger partial charge in [0.25, 0.3) is 0 Å². The van der Waals surface area contributed by atoms with Crippen molar-refractivity contribution in [2.75, 3.05) is 13.1 Å². The van der Waals surface area contributed by atoms with Crippen molar-refractivity contribution in [2.45, 2.75) is 43.8 Å². The maximum Gasteiger partial charge on any atom is 0.326 e. The highest BCUT2D eigenvalue weighted by Crippen LogP contribution is 2.11. The Morgan fingerprint density at radius 3 is 2.47 bits per heavy atom. The maximum absolute atomic E-state index is 12.8. The van der Waals surface area contributed by atoms with Crippen molar-refractivity contribution in [1.82, 2.24) is 31.2 Å². The number of H-pyrrole nitrogens is 1. The molecule has 34 heavy (non-hydrogen) atoms. The van der Waals surface area contributed by atoms with E-state index in [2.05, 4.69) is 31.2 Å². The number of hydrogen-bond donors (Lipinski definition) is 7. The molecule has 0 aliphatic carbocycles. The number of phenolic OH excluding ortho intramolecular Hbond substituents is 1. The summed E-state index contributed by atoms with van der Waals surface area (Å²) in [6.07, 6.45) is 4.67. The molecule has 2 heterocycles. The van der Waals surface area contributed by atoms with Crippen LogP contribution in [0.3, 0.4) is 0 Å². The molecule has 182 valence electrons. The topological polar surface area (TPSA) is 186 Å². The van der Waals surface area contributed by atoms with Crippen molar-refractivity contribution in [3.8, 4) is 5.75 Å². The Morgan fingerprint density at radius 2 is 1.85 bits per heavy atom. The van der Waals surface area contributed by atoms with E-state index in [1.54, 1.807) is 12.1 Å². The summed E-state index contributed by atoms with van der Waals surface area (Å²) in [5, 5.41) is 29.4. The molecule has 12 heteroatoms. The molecular formula is C22H28N6O6. The minimum absolute atomic E-state index is 0.00218. The van der Waals surface area contributed by atoms with Gasteiger partial charge in [0.15, 0.2) is 0 Å². The maximum atomic E-state index is 12.8. The molecule has 3 atom stereocenters. The second-order valence-corrected chi connectivity index (χ2v) is 8.04. The Bertz CT molecular complexity index is 988. The Balaban J connectivity index is 1.55. The normalized spacial score (nSPS) is 16.9. The van der Waals surface area contributed by atoms with E-state index in [0.717, 1.165) is 13.0 Å². The summed E-state index contributed by atoms with van der Waals surface area (Å²) >= 11 is 0. The first-order valence-electron chi connectivity index (χ1n) is 10.9. The van der Waals surface area contributed by atoms with Crippen LogP contribution in [0.1, 0.15) is 24.1 Å². The Labute approximate surface area is 195 Å². The van der Waals surface area contributed by atoms with Gasteiger partial charge in [0, 0.05) is 24.7 Å². The molecule has 2 aromatic rings. The van der Waals surface area contributed by atoms with Gasteiger partial charge in [-0.25, -0.2) is 9.78 Å². The minimum Gasteiger partial charge on any atom is -0.508 e. The molecule has 3 amide bonds. The molecule has 0 radical (unpaired) electrons. The predicted octanol–water partition coefficient (Wildman–Crippen LogP) is -1.18. The quantitative estimate of drug-likeness (QED) is 0.213. The molecule has 1 aromatic heterocycles. The number of hydrogen-bond acceptors (Lipinski definition) is 7. The number of nitrogens with one attached hydrogen (secondary N) is 5. The van der Waals surface area contributed by atoms with Gasteiger partial charge in [0.1, 0.15) is 17.8 Å². The third-order valence-electron chi connectivity index (χ3n) is 5.42. The van der Waals surface area contributed by atoms with Gasteiger partial charge >= 0.3 is 5.97 Å². The molecule has 1 saturated heterocycles. The first kappa shape index (κ1) is 24.7. The fourth-order valence-electron chi connectivity index (χ4n) is 3.61. The van der Waals surface area contributed by atoms with Crippen LogP contribution in [0.4, 0.5) is 0 Å². The van der Waals surface area contributed by atoms with Crippen LogP contribution < -0.4 is 21.3 Å². The van der Waals surface area contributed by atoms with Crippen molar-refractivity contribution in [3.63, 3.8) is 0 Å². The molecule has 0 spiro atoms. The molecule has 12 nitrogen and oxygen atoms in total. The first-order valence-corrected chi connectivity index (χ1v) is 10.9. The Morgan fingerprint density at radius 1 is 1.09 bits per heavy atom. The lowest BCUT2D eigenvalue weighted by Crippen LogP contribution is -2.54. The number of carboxylic acids is 1. The number of aliphatic carboxylic acids is 1. The van der Waals surface area contributed by atoms with Gasteiger partial charge in [-0.3, -0.25) is 14.4 Å². The van der Waals surface area contributed by atoms with E-state index in [1.807, 2.05) is 0 Å². The summed E-state index contributed by atoms with van der Waals surface area (Å²) in [7, 11) is 0. The number of benzene rings is 1. The lowest BCUT2D eigenvalue weighted by Gasteiger charge is -2.20. The molecule has 1 fully saturated rings. The lowest BCUT2D eigenvalue weighted by atomic mass is 10.1. The minimum atomic E-state index is -1.24. The monoisotopic (exact) mass is 472 g/mol. The number of amides is 3. The summed E-state index contributed by atoms with van der Waals surface area (Å²) in [5.74, 6) is -2.77. The SMILES string of the molecule is O=C(CNC(=O)C(Cc1cnc[nH]1)NC(=O)C1CCCN1)NC(Cc1ccc(O)cc1)C(=O)O. The van der Waals surface area contributed by atoms with E-state index in [9.17, 15) is 29.4 Å². The van der Waals surface area contributed by atoms with E-state index in [-0.39, 0.29) is 30.5 Å². The number of aromatic hydroxyl groups is 1. The third-order valence-corrected chi connectivity index (χ3v) is 5.42. The molecule has 3 unspecified atom stereocenters. The van der Waals surface area contributed by atoms with Gasteiger partial charge in [0.05, 0.1) is 18.9 Å². The number of carbonyl (C=O) groups excluding carboxylic acids is 3. The van der Waals surface area contributed by atoms with E-state index in [4.69, 9.17) is 0 Å². The van der Waals surface area contributed by atoms with Crippen LogP contribution in [0.2, 0.25) is 0 Å². The van der Waals surface area contributed by atoms with Gasteiger partial charge in [0.2, 0.25) is 17.7 Å². The highest BCUT2D eigenvalue weighted by molar-refractivity contribution is 5.92. The van der Waals surface area contributed by atoms with Crippen LogP contribution in [0.25, 0.3) is 0 Å². The molecule has 3 rings (SSSR count). The average Bonchev–Trinajstić information content (AvgIpc) is 3.52. The number of carbonyl (C=O) groups is 4. The summed E-state index contributed by atoms with van der Waals surface area (Å²) in [6.45, 7) is 0.264. The fourth-order valence-corrected chi connectivity index (χ4v) is 3.61. The first-order chi connectivity index (χ1) is 16.3. The summed E-state index contributed by atoms with van der Waals surface area (Å²) in [5.41, 5.74) is 1.24. The second kappa shape index (κ2) is 11.8. The van der Waals surface area contributed by atoms with Crippen molar-refractivity contribution in [3.05, 3.63) is 48.0 Å². The van der Waals surface area contributed by atoms with Crippen molar-refractivity contribution in [2.24, 2.45) is 0 Å². The van der Waals surface area contributed by atoms with Crippen LogP contribution in [0, 0.1) is 0 Å². The standard InChI is InChI=1S/C22H28N6O6/c29-15-5-3-13(4-6-15)8-18(22(33)34)27-19(30)11-25-20(31)17(9-14-10-23-12-26-14)28-21(32)16-2-1-7-24-16/h3-6,10,12,16-18,24,29H,1-2,7-9,11H2,(H,23,26)(H,25,31)(H,27,30)(H,28,32)(H,33,34). The highest BCUT2D eigenvalue weighted by atomic mass is 16.4. The molecule has 1 aliphatic heterocycles. The zero-order chi connectivity index (χ0) is 24.5. The molecule has 0 bridgehead atoms. The van der Waals surface area contributed by atoms with Crippen LogP contribution >= 0.6 is 0 Å². The number of nitrogens with zero attached hydrogens (tertiary/aromatic N) is 1. The summed E-state index contributed by atoms with van der Waals surface area (Å²) in [6, 6.07) is 3.41. The van der Waals surface area contributed by atoms with Gasteiger partial charge in [-0.1, -0.05) is 12.1 Å². The average molecular weight is 473 g/mol. The smallest absolute Gasteiger partial charge is 0.326 e. The summed E-state index contributed by atoms with van der Waals surface area (Å²) in [4.78, 5) is 56.0. The zero-order valence-electron chi connectivity index (χ0n) is 18.4. The largest absolute Gasteiger partial charge is 0.508 e. The van der Waals surface area contributed by atoms with E-state index in [1.165, 1.54) is 24.7 Å². The molecule has 0 saturated carbocycles. The lowest BCUT2D eigenvalue weighted by molar-refractivity contribution is -0.141. The summed E-state index contributed by atoms with van der Waals surface area (Å²) < 4.78 is 0. The van der Waals surface area contributed by atoms with Crippen LogP contribution in [0.5, 0.6) is 5.75 Å². The predicted molar refractivity (Wildman–Crippen MR) is 120 cm³/mol. The third kappa shape index (κ3) is 7.30. The highest BCUT2D eigenvalue weighted by Gasteiger charge is 2.28. The number of carboxylic acid groups (broad SMARTS) is 1. The van der Waals surface area contributed by atoms with Crippen molar-refractivity contribution < 1.29 is 29.4 Å². The fraction of sp³-hybridized carbons (Fsp3) is 0.409. The van der Waals surface area contributed by atoms with E-state index in [0.29, 0.717) is 17.7 Å².